The van der Waals surface area contributed by atoms with Gasteiger partial charge < -0.3 is 5.32 Å². The van der Waals surface area contributed by atoms with E-state index in [2.05, 4.69) is 24.6 Å². The van der Waals surface area contributed by atoms with Gasteiger partial charge in [0.15, 0.2) is 0 Å². The minimum absolute atomic E-state index is 0.617. The van der Waals surface area contributed by atoms with Gasteiger partial charge >= 0.3 is 0 Å². The lowest BCUT2D eigenvalue weighted by molar-refractivity contribution is 0.967. The predicted molar refractivity (Wildman–Crippen MR) is 61.2 cm³/mol. The molecule has 0 saturated heterocycles. The van der Waals surface area contributed by atoms with Gasteiger partial charge in [0.2, 0.25) is 5.13 Å². The van der Waals surface area contributed by atoms with Crippen molar-refractivity contribution in [2.75, 3.05) is 5.32 Å². The molecule has 2 aromatic heterocycles. The second-order valence-corrected chi connectivity index (χ2v) is 4.54. The number of nitrogens with one attached hydrogen (secondary N) is 1. The van der Waals surface area contributed by atoms with Crippen LogP contribution in [0.4, 0.5) is 5.13 Å². The van der Waals surface area contributed by atoms with E-state index in [1.54, 1.807) is 12.5 Å². The van der Waals surface area contributed by atoms with E-state index >= 15 is 0 Å². The molecule has 1 fully saturated rings. The predicted octanol–water partition coefficient (Wildman–Crippen LogP) is 1.82. The van der Waals surface area contributed by atoms with E-state index in [0.717, 1.165) is 16.6 Å². The van der Waals surface area contributed by atoms with Crippen LogP contribution >= 0.6 is 11.5 Å². The number of hydrogen-bond donors (Lipinski definition) is 1. The Morgan fingerprint density at radius 2 is 2.38 bits per heavy atom. The molecule has 0 bridgehead atoms. The third-order valence-electron chi connectivity index (χ3n) is 2.45. The molecule has 0 unspecified atom stereocenters. The number of anilines is 1. The summed E-state index contributed by atoms with van der Waals surface area (Å²) >= 11 is 1.42. The second kappa shape index (κ2) is 4.13. The minimum Gasteiger partial charge on any atom is -0.355 e. The Labute approximate surface area is 97.2 Å². The first kappa shape index (κ1) is 9.65. The van der Waals surface area contributed by atoms with E-state index in [0.29, 0.717) is 12.5 Å². The van der Waals surface area contributed by atoms with E-state index in [9.17, 15) is 0 Å². The van der Waals surface area contributed by atoms with E-state index in [-0.39, 0.29) is 0 Å². The lowest BCUT2D eigenvalue weighted by Gasteiger charge is -1.99. The van der Waals surface area contributed by atoms with Crippen molar-refractivity contribution in [2.24, 2.45) is 0 Å². The average molecular weight is 233 g/mol. The molecule has 0 amide bonds. The summed E-state index contributed by atoms with van der Waals surface area (Å²) in [6.45, 7) is 0.668. The van der Waals surface area contributed by atoms with Crippen molar-refractivity contribution in [3.05, 3.63) is 30.1 Å². The molecule has 0 aromatic carbocycles. The second-order valence-electron chi connectivity index (χ2n) is 3.79. The Balaban J connectivity index is 1.61. The summed E-state index contributed by atoms with van der Waals surface area (Å²) in [4.78, 5) is 12.4. The number of hydrogen-bond acceptors (Lipinski definition) is 6. The van der Waals surface area contributed by atoms with Gasteiger partial charge in [-0.2, -0.15) is 4.37 Å². The monoisotopic (exact) mass is 233 g/mol. The smallest absolute Gasteiger partial charge is 0.202 e. The Hall–Kier alpha value is -1.56. The van der Waals surface area contributed by atoms with Crippen LogP contribution in [-0.2, 0) is 6.54 Å². The standard InChI is InChI=1S/C10H11N5S/c1-2-7(1)9-14-10(16-15-9)12-5-8-3-4-11-6-13-8/h3-4,6-7H,1-2,5H2,(H,12,14,15). The zero-order valence-electron chi connectivity index (χ0n) is 8.63. The summed E-state index contributed by atoms with van der Waals surface area (Å²) in [7, 11) is 0. The van der Waals surface area contributed by atoms with E-state index in [1.807, 2.05) is 6.07 Å². The molecule has 6 heteroatoms. The summed E-state index contributed by atoms with van der Waals surface area (Å²) in [5.41, 5.74) is 0.957. The molecule has 2 heterocycles. The highest BCUT2D eigenvalue weighted by atomic mass is 32.1. The van der Waals surface area contributed by atoms with Gasteiger partial charge in [-0.15, -0.1) is 0 Å². The van der Waals surface area contributed by atoms with Crippen molar-refractivity contribution in [2.45, 2.75) is 25.3 Å². The highest BCUT2D eigenvalue weighted by Gasteiger charge is 2.27. The van der Waals surface area contributed by atoms with E-state index in [4.69, 9.17) is 0 Å². The minimum atomic E-state index is 0.617. The Bertz CT molecular complexity index is 465. The van der Waals surface area contributed by atoms with Gasteiger partial charge in [0, 0.05) is 23.6 Å². The molecular weight excluding hydrogens is 222 g/mol. The molecule has 0 atom stereocenters. The van der Waals surface area contributed by atoms with Gasteiger partial charge in [0.1, 0.15) is 12.2 Å². The van der Waals surface area contributed by atoms with Gasteiger partial charge in [-0.1, -0.05) is 0 Å². The van der Waals surface area contributed by atoms with Crippen molar-refractivity contribution in [1.82, 2.24) is 19.3 Å². The number of nitrogens with zero attached hydrogens (tertiary/aromatic N) is 4. The van der Waals surface area contributed by atoms with Crippen LogP contribution in [0, 0.1) is 0 Å². The molecule has 1 aliphatic rings. The fraction of sp³-hybridized carbons (Fsp3) is 0.400. The van der Waals surface area contributed by atoms with Crippen molar-refractivity contribution < 1.29 is 0 Å². The highest BCUT2D eigenvalue weighted by Crippen LogP contribution is 2.39. The summed E-state index contributed by atoms with van der Waals surface area (Å²) in [6.07, 6.45) is 5.76. The van der Waals surface area contributed by atoms with Crippen LogP contribution < -0.4 is 5.32 Å². The first-order valence-corrected chi connectivity index (χ1v) is 6.01. The molecule has 1 aliphatic carbocycles. The van der Waals surface area contributed by atoms with Gasteiger partial charge in [-0.25, -0.2) is 15.0 Å². The summed E-state index contributed by atoms with van der Waals surface area (Å²) < 4.78 is 4.33. The zero-order valence-corrected chi connectivity index (χ0v) is 9.44. The Morgan fingerprint density at radius 3 is 3.12 bits per heavy atom. The molecule has 1 saturated carbocycles. The van der Waals surface area contributed by atoms with Crippen LogP contribution in [0.5, 0.6) is 0 Å². The van der Waals surface area contributed by atoms with Crippen LogP contribution in [0.3, 0.4) is 0 Å². The van der Waals surface area contributed by atoms with Crippen molar-refractivity contribution in [3.8, 4) is 0 Å². The molecule has 82 valence electrons. The maximum Gasteiger partial charge on any atom is 0.202 e. The fourth-order valence-corrected chi connectivity index (χ4v) is 2.04. The maximum absolute atomic E-state index is 4.44. The molecule has 0 radical (unpaired) electrons. The molecule has 16 heavy (non-hydrogen) atoms. The van der Waals surface area contributed by atoms with Crippen LogP contribution in [0.2, 0.25) is 0 Å². The zero-order chi connectivity index (χ0) is 10.8. The largest absolute Gasteiger partial charge is 0.355 e. The van der Waals surface area contributed by atoms with Crippen molar-refractivity contribution in [1.29, 1.82) is 0 Å². The Kier molecular flexibility index (Phi) is 2.49. The third kappa shape index (κ3) is 2.16. The highest BCUT2D eigenvalue weighted by molar-refractivity contribution is 7.09. The molecule has 2 aromatic rings. The summed E-state index contributed by atoms with van der Waals surface area (Å²) in [5, 5.41) is 4.09. The van der Waals surface area contributed by atoms with Crippen molar-refractivity contribution >= 4 is 16.7 Å². The third-order valence-corrected chi connectivity index (χ3v) is 3.14. The van der Waals surface area contributed by atoms with Gasteiger partial charge in [0.25, 0.3) is 0 Å². The van der Waals surface area contributed by atoms with Crippen LogP contribution in [0.15, 0.2) is 18.6 Å². The van der Waals surface area contributed by atoms with Gasteiger partial charge in [0.05, 0.1) is 12.2 Å². The summed E-state index contributed by atoms with van der Waals surface area (Å²) in [6, 6.07) is 1.88. The van der Waals surface area contributed by atoms with Crippen molar-refractivity contribution in [3.63, 3.8) is 0 Å². The lowest BCUT2D eigenvalue weighted by atomic mass is 10.4. The van der Waals surface area contributed by atoms with Crippen LogP contribution in [0.25, 0.3) is 0 Å². The average Bonchev–Trinajstić information content (AvgIpc) is 3.08. The first-order chi connectivity index (χ1) is 7.92. The quantitative estimate of drug-likeness (QED) is 0.872. The molecule has 1 N–H and O–H groups in total. The normalized spacial score (nSPS) is 15.0. The lowest BCUT2D eigenvalue weighted by Crippen LogP contribution is -2.01. The molecule has 3 rings (SSSR count). The first-order valence-electron chi connectivity index (χ1n) is 5.24. The molecule has 0 aliphatic heterocycles. The number of rotatable bonds is 4. The maximum atomic E-state index is 4.44. The Morgan fingerprint density at radius 1 is 1.44 bits per heavy atom. The molecular formula is C10H11N5S. The van der Waals surface area contributed by atoms with E-state index < -0.39 is 0 Å². The summed E-state index contributed by atoms with van der Waals surface area (Å²) in [5.74, 6) is 1.61. The topological polar surface area (TPSA) is 63.6 Å². The van der Waals surface area contributed by atoms with Gasteiger partial charge in [-0.05, 0) is 18.9 Å². The molecule has 5 nitrogen and oxygen atoms in total. The van der Waals surface area contributed by atoms with Gasteiger partial charge in [-0.3, -0.25) is 0 Å². The van der Waals surface area contributed by atoms with Crippen LogP contribution in [-0.4, -0.2) is 19.3 Å². The fourth-order valence-electron chi connectivity index (χ4n) is 1.40. The molecule has 0 spiro atoms. The van der Waals surface area contributed by atoms with E-state index in [1.165, 1.54) is 24.4 Å². The number of aromatic nitrogens is 4. The SMILES string of the molecule is c1cc(CNc2nc(C3CC3)ns2)ncn1. The van der Waals surface area contributed by atoms with Crippen LogP contribution in [0.1, 0.15) is 30.3 Å².